The quantitative estimate of drug-likeness (QED) is 0.861. The van der Waals surface area contributed by atoms with Crippen LogP contribution in [0.5, 0.6) is 5.75 Å². The van der Waals surface area contributed by atoms with Gasteiger partial charge in [0.1, 0.15) is 11.6 Å². The molecule has 5 nitrogen and oxygen atoms in total. The van der Waals surface area contributed by atoms with Gasteiger partial charge < -0.3 is 14.7 Å². The third-order valence-corrected chi connectivity index (χ3v) is 4.67. The van der Waals surface area contributed by atoms with Gasteiger partial charge in [-0.25, -0.2) is 4.39 Å². The second kappa shape index (κ2) is 7.78. The zero-order valence-electron chi connectivity index (χ0n) is 14.4. The van der Waals surface area contributed by atoms with Crippen molar-refractivity contribution in [1.29, 1.82) is 0 Å². The normalized spacial score (nSPS) is 19.7. The Hall–Kier alpha value is -2.21. The Kier molecular flexibility index (Phi) is 5.48. The SMILES string of the molecule is CC1=NCC(C(=O)N(CCC2CCOC2)Cc2ccc(O)cc2F)=C1. The number of hydrogen-bond donors (Lipinski definition) is 1. The van der Waals surface area contributed by atoms with E-state index in [4.69, 9.17) is 4.74 Å². The number of rotatable bonds is 6. The largest absolute Gasteiger partial charge is 0.508 e. The number of amides is 1. The monoisotopic (exact) mass is 346 g/mol. The molecule has 0 aromatic heterocycles. The van der Waals surface area contributed by atoms with Gasteiger partial charge in [0.05, 0.1) is 6.54 Å². The molecule has 1 aromatic carbocycles. The Labute approximate surface area is 146 Å². The lowest BCUT2D eigenvalue weighted by Gasteiger charge is -2.25. The van der Waals surface area contributed by atoms with Crippen molar-refractivity contribution in [1.82, 2.24) is 4.90 Å². The molecule has 1 N–H and O–H groups in total. The summed E-state index contributed by atoms with van der Waals surface area (Å²) in [6.07, 6.45) is 3.63. The highest BCUT2D eigenvalue weighted by atomic mass is 19.1. The topological polar surface area (TPSA) is 62.1 Å². The Morgan fingerprint density at radius 2 is 2.32 bits per heavy atom. The van der Waals surface area contributed by atoms with Crippen molar-refractivity contribution < 1.29 is 19.0 Å². The van der Waals surface area contributed by atoms with E-state index in [1.165, 1.54) is 12.1 Å². The predicted octanol–water partition coefficient (Wildman–Crippen LogP) is 2.69. The molecule has 1 unspecified atom stereocenters. The van der Waals surface area contributed by atoms with E-state index in [2.05, 4.69) is 4.99 Å². The maximum Gasteiger partial charge on any atom is 0.252 e. The lowest BCUT2D eigenvalue weighted by molar-refractivity contribution is -0.128. The van der Waals surface area contributed by atoms with Crippen LogP contribution in [0.2, 0.25) is 0 Å². The van der Waals surface area contributed by atoms with E-state index in [9.17, 15) is 14.3 Å². The van der Waals surface area contributed by atoms with E-state index in [0.717, 1.165) is 37.8 Å². The van der Waals surface area contributed by atoms with Gasteiger partial charge in [0.25, 0.3) is 5.91 Å². The summed E-state index contributed by atoms with van der Waals surface area (Å²) in [5.41, 5.74) is 1.87. The first kappa shape index (κ1) is 17.6. The molecule has 1 aromatic rings. The van der Waals surface area contributed by atoms with Gasteiger partial charge in [-0.1, -0.05) is 6.07 Å². The smallest absolute Gasteiger partial charge is 0.252 e. The van der Waals surface area contributed by atoms with E-state index in [1.54, 1.807) is 11.0 Å². The summed E-state index contributed by atoms with van der Waals surface area (Å²) in [5.74, 6) is -0.290. The van der Waals surface area contributed by atoms with Crippen LogP contribution in [0.1, 0.15) is 25.3 Å². The number of phenols is 1. The Morgan fingerprint density at radius 1 is 1.48 bits per heavy atom. The van der Waals surface area contributed by atoms with Gasteiger partial charge in [0, 0.05) is 49.2 Å². The van der Waals surface area contributed by atoms with Crippen molar-refractivity contribution >= 4 is 11.6 Å². The summed E-state index contributed by atoms with van der Waals surface area (Å²) in [6.45, 7) is 4.45. The number of benzene rings is 1. The van der Waals surface area contributed by atoms with E-state index < -0.39 is 5.82 Å². The van der Waals surface area contributed by atoms with Gasteiger partial charge in [-0.2, -0.15) is 0 Å². The number of carbonyl (C=O) groups is 1. The van der Waals surface area contributed by atoms with Crippen LogP contribution in [-0.4, -0.2) is 47.9 Å². The lowest BCUT2D eigenvalue weighted by Crippen LogP contribution is -2.34. The highest BCUT2D eigenvalue weighted by molar-refractivity contribution is 6.06. The fourth-order valence-electron chi connectivity index (χ4n) is 3.16. The highest BCUT2D eigenvalue weighted by Crippen LogP contribution is 2.21. The van der Waals surface area contributed by atoms with Crippen LogP contribution in [0, 0.1) is 11.7 Å². The van der Waals surface area contributed by atoms with Gasteiger partial charge in [-0.05, 0) is 37.8 Å². The minimum absolute atomic E-state index is 0.105. The summed E-state index contributed by atoms with van der Waals surface area (Å²) in [5, 5.41) is 9.37. The molecule has 3 rings (SSSR count). The highest BCUT2D eigenvalue weighted by Gasteiger charge is 2.24. The second-order valence-electron chi connectivity index (χ2n) is 6.65. The summed E-state index contributed by atoms with van der Waals surface area (Å²) in [7, 11) is 0. The number of ether oxygens (including phenoxy) is 1. The molecule has 1 atom stereocenters. The first-order chi connectivity index (χ1) is 12.0. The van der Waals surface area contributed by atoms with E-state index >= 15 is 0 Å². The summed E-state index contributed by atoms with van der Waals surface area (Å²) in [4.78, 5) is 18.8. The first-order valence-corrected chi connectivity index (χ1v) is 8.59. The average Bonchev–Trinajstić information content (AvgIpc) is 3.24. The molecule has 2 heterocycles. The third kappa shape index (κ3) is 4.45. The minimum Gasteiger partial charge on any atom is -0.508 e. The van der Waals surface area contributed by atoms with Crippen molar-refractivity contribution in [2.75, 3.05) is 26.3 Å². The summed E-state index contributed by atoms with van der Waals surface area (Å²) < 4.78 is 19.5. The van der Waals surface area contributed by atoms with Gasteiger partial charge in [-0.15, -0.1) is 0 Å². The molecule has 0 saturated carbocycles. The molecule has 1 saturated heterocycles. The molecule has 134 valence electrons. The van der Waals surface area contributed by atoms with Gasteiger partial charge in [0.2, 0.25) is 0 Å². The fraction of sp³-hybridized carbons (Fsp3) is 0.474. The molecule has 1 amide bonds. The Bertz CT molecular complexity index is 709. The minimum atomic E-state index is -0.505. The number of phenolic OH excluding ortho intramolecular Hbond substituents is 1. The van der Waals surface area contributed by atoms with Crippen molar-refractivity contribution in [3.05, 3.63) is 41.2 Å². The molecule has 0 radical (unpaired) electrons. The number of halogens is 1. The number of nitrogens with zero attached hydrogens (tertiary/aromatic N) is 2. The lowest BCUT2D eigenvalue weighted by atomic mass is 10.0. The number of hydrogen-bond acceptors (Lipinski definition) is 4. The summed E-state index contributed by atoms with van der Waals surface area (Å²) >= 11 is 0. The van der Waals surface area contributed by atoms with Crippen molar-refractivity contribution in [3.63, 3.8) is 0 Å². The summed E-state index contributed by atoms with van der Waals surface area (Å²) in [6, 6.07) is 4.03. The van der Waals surface area contributed by atoms with Crippen LogP contribution in [0.4, 0.5) is 4.39 Å². The fourth-order valence-corrected chi connectivity index (χ4v) is 3.16. The molecule has 0 aliphatic carbocycles. The van der Waals surface area contributed by atoms with Crippen LogP contribution >= 0.6 is 0 Å². The maximum absolute atomic E-state index is 14.1. The Morgan fingerprint density at radius 3 is 2.96 bits per heavy atom. The van der Waals surface area contributed by atoms with Gasteiger partial charge in [0.15, 0.2) is 0 Å². The second-order valence-corrected chi connectivity index (χ2v) is 6.65. The number of aromatic hydroxyl groups is 1. The van der Waals surface area contributed by atoms with E-state index in [0.29, 0.717) is 30.1 Å². The number of allylic oxidation sites excluding steroid dienone is 1. The van der Waals surface area contributed by atoms with Crippen molar-refractivity contribution in [2.45, 2.75) is 26.3 Å². The van der Waals surface area contributed by atoms with E-state index in [-0.39, 0.29) is 18.2 Å². The molecule has 2 aliphatic heterocycles. The number of carbonyl (C=O) groups excluding carboxylic acids is 1. The average molecular weight is 346 g/mol. The molecule has 1 fully saturated rings. The molecule has 25 heavy (non-hydrogen) atoms. The van der Waals surface area contributed by atoms with Crippen LogP contribution in [-0.2, 0) is 16.1 Å². The van der Waals surface area contributed by atoms with Crippen LogP contribution in [0.25, 0.3) is 0 Å². The molecular weight excluding hydrogens is 323 g/mol. The van der Waals surface area contributed by atoms with Crippen LogP contribution in [0.15, 0.2) is 34.8 Å². The van der Waals surface area contributed by atoms with E-state index in [1.807, 2.05) is 6.92 Å². The van der Waals surface area contributed by atoms with Gasteiger partial charge in [-0.3, -0.25) is 9.79 Å². The number of aliphatic imine (C=N–C) groups is 1. The molecule has 6 heteroatoms. The molecule has 2 aliphatic rings. The maximum atomic E-state index is 14.1. The molecule has 0 bridgehead atoms. The third-order valence-electron chi connectivity index (χ3n) is 4.67. The molecule has 0 spiro atoms. The van der Waals surface area contributed by atoms with Crippen LogP contribution in [0.3, 0.4) is 0 Å². The van der Waals surface area contributed by atoms with Crippen LogP contribution < -0.4 is 0 Å². The predicted molar refractivity (Wildman–Crippen MR) is 93.1 cm³/mol. The molecular formula is C19H23FN2O3. The standard InChI is InChI=1S/C19H23FN2O3/c1-13-8-16(10-21-13)19(24)22(6-4-14-5-7-25-12-14)11-15-2-3-17(23)9-18(15)20/h2-3,8-9,14,23H,4-7,10-12H2,1H3. The van der Waals surface area contributed by atoms with Crippen molar-refractivity contribution in [2.24, 2.45) is 10.9 Å². The zero-order valence-corrected chi connectivity index (χ0v) is 14.4. The zero-order chi connectivity index (χ0) is 17.8. The van der Waals surface area contributed by atoms with Gasteiger partial charge >= 0.3 is 0 Å². The first-order valence-electron chi connectivity index (χ1n) is 8.59. The van der Waals surface area contributed by atoms with Crippen molar-refractivity contribution in [3.8, 4) is 5.75 Å². The Balaban J connectivity index is 1.73.